The Morgan fingerprint density at radius 3 is 2.54 bits per heavy atom. The smallest absolute Gasteiger partial charge is 0.324 e. The second-order valence-electron chi connectivity index (χ2n) is 6.61. The SMILES string of the molecule is CCc1ccccc1NC(=O)CN1C(=O)NC2(CCS(=O)(=O)CC2)C1=O. The van der Waals surface area contributed by atoms with Crippen LogP contribution in [0.25, 0.3) is 0 Å². The summed E-state index contributed by atoms with van der Waals surface area (Å²) in [5.41, 5.74) is 0.391. The molecule has 0 aromatic heterocycles. The molecule has 1 aromatic carbocycles. The Morgan fingerprint density at radius 2 is 1.88 bits per heavy atom. The van der Waals surface area contributed by atoms with Gasteiger partial charge in [0.05, 0.1) is 11.5 Å². The summed E-state index contributed by atoms with van der Waals surface area (Å²) in [6, 6.07) is 6.65. The highest BCUT2D eigenvalue weighted by Crippen LogP contribution is 2.30. The lowest BCUT2D eigenvalue weighted by molar-refractivity contribution is -0.134. The average Bonchev–Trinajstić information content (AvgIpc) is 2.83. The Morgan fingerprint density at radius 1 is 1.23 bits per heavy atom. The van der Waals surface area contributed by atoms with Crippen LogP contribution < -0.4 is 10.6 Å². The van der Waals surface area contributed by atoms with Crippen LogP contribution in [0.15, 0.2) is 24.3 Å². The predicted molar refractivity (Wildman–Crippen MR) is 95.3 cm³/mol. The maximum Gasteiger partial charge on any atom is 0.325 e. The van der Waals surface area contributed by atoms with Crippen molar-refractivity contribution in [3.63, 3.8) is 0 Å². The third-order valence-corrected chi connectivity index (χ3v) is 6.55. The standard InChI is InChI=1S/C17H21N3O5S/c1-2-12-5-3-4-6-13(12)18-14(21)11-20-15(22)17(19-16(20)23)7-9-26(24,25)10-8-17/h3-6H,2,7-11H2,1H3,(H,18,21)(H,19,23). The molecule has 0 radical (unpaired) electrons. The molecule has 4 amide bonds. The monoisotopic (exact) mass is 379 g/mol. The van der Waals surface area contributed by atoms with Crippen LogP contribution in [0.4, 0.5) is 10.5 Å². The van der Waals surface area contributed by atoms with E-state index in [1.807, 2.05) is 19.1 Å². The molecule has 0 bridgehead atoms. The Labute approximate surface area is 151 Å². The Hall–Kier alpha value is -2.42. The topological polar surface area (TPSA) is 113 Å². The van der Waals surface area contributed by atoms with Gasteiger partial charge in [0, 0.05) is 5.69 Å². The summed E-state index contributed by atoms with van der Waals surface area (Å²) >= 11 is 0. The molecule has 0 aliphatic carbocycles. The summed E-state index contributed by atoms with van der Waals surface area (Å²) in [6.45, 7) is 1.56. The molecule has 0 unspecified atom stereocenters. The summed E-state index contributed by atoms with van der Waals surface area (Å²) < 4.78 is 23.2. The molecule has 2 N–H and O–H groups in total. The molecule has 2 aliphatic rings. The second-order valence-corrected chi connectivity index (χ2v) is 8.92. The first-order chi connectivity index (χ1) is 12.3. The number of nitrogens with zero attached hydrogens (tertiary/aromatic N) is 1. The van der Waals surface area contributed by atoms with Crippen molar-refractivity contribution in [1.29, 1.82) is 0 Å². The van der Waals surface area contributed by atoms with Gasteiger partial charge in [-0.1, -0.05) is 25.1 Å². The van der Waals surface area contributed by atoms with Gasteiger partial charge in [0.1, 0.15) is 12.1 Å². The normalized spacial score (nSPS) is 20.9. The molecule has 3 rings (SSSR count). The number of hydrogen-bond acceptors (Lipinski definition) is 5. The zero-order chi connectivity index (χ0) is 18.9. The number of hydrogen-bond donors (Lipinski definition) is 2. The molecule has 2 fully saturated rings. The van der Waals surface area contributed by atoms with Crippen molar-refractivity contribution in [3.05, 3.63) is 29.8 Å². The fraction of sp³-hybridized carbons (Fsp3) is 0.471. The predicted octanol–water partition coefficient (Wildman–Crippen LogP) is 0.687. The fourth-order valence-electron chi connectivity index (χ4n) is 3.33. The lowest BCUT2D eigenvalue weighted by Crippen LogP contribution is -2.52. The minimum absolute atomic E-state index is 0.0384. The zero-order valence-electron chi connectivity index (χ0n) is 14.4. The number of aryl methyl sites for hydroxylation is 1. The number of nitrogens with one attached hydrogen (secondary N) is 2. The lowest BCUT2D eigenvalue weighted by Gasteiger charge is -2.30. The molecule has 26 heavy (non-hydrogen) atoms. The second kappa shape index (κ2) is 6.71. The molecule has 2 aliphatic heterocycles. The highest BCUT2D eigenvalue weighted by atomic mass is 32.2. The Kier molecular flexibility index (Phi) is 4.74. The minimum atomic E-state index is -3.18. The number of amides is 4. The van der Waals surface area contributed by atoms with Crippen LogP contribution >= 0.6 is 0 Å². The van der Waals surface area contributed by atoms with Gasteiger partial charge in [-0.15, -0.1) is 0 Å². The number of rotatable bonds is 4. The number of benzene rings is 1. The Bertz CT molecular complexity index is 851. The van der Waals surface area contributed by atoms with E-state index in [9.17, 15) is 22.8 Å². The molecular weight excluding hydrogens is 358 g/mol. The van der Waals surface area contributed by atoms with Crippen LogP contribution in [0.1, 0.15) is 25.3 Å². The first kappa shape index (κ1) is 18.4. The molecule has 0 atom stereocenters. The van der Waals surface area contributed by atoms with E-state index in [4.69, 9.17) is 0 Å². The first-order valence-corrected chi connectivity index (χ1v) is 10.3. The highest BCUT2D eigenvalue weighted by molar-refractivity contribution is 7.91. The van der Waals surface area contributed by atoms with E-state index in [0.717, 1.165) is 16.9 Å². The van der Waals surface area contributed by atoms with Gasteiger partial charge in [-0.2, -0.15) is 0 Å². The van der Waals surface area contributed by atoms with Crippen molar-refractivity contribution in [2.75, 3.05) is 23.4 Å². The first-order valence-electron chi connectivity index (χ1n) is 8.49. The molecule has 140 valence electrons. The van der Waals surface area contributed by atoms with Crippen molar-refractivity contribution in [1.82, 2.24) is 10.2 Å². The largest absolute Gasteiger partial charge is 0.325 e. The third kappa shape index (κ3) is 3.44. The molecule has 2 saturated heterocycles. The van der Waals surface area contributed by atoms with E-state index in [2.05, 4.69) is 10.6 Å². The van der Waals surface area contributed by atoms with Crippen molar-refractivity contribution < 1.29 is 22.8 Å². The maximum absolute atomic E-state index is 12.7. The van der Waals surface area contributed by atoms with Crippen LogP contribution in [0.5, 0.6) is 0 Å². The zero-order valence-corrected chi connectivity index (χ0v) is 15.3. The van der Waals surface area contributed by atoms with Gasteiger partial charge < -0.3 is 10.6 Å². The van der Waals surface area contributed by atoms with Gasteiger partial charge in [-0.25, -0.2) is 13.2 Å². The van der Waals surface area contributed by atoms with Gasteiger partial charge in [0.15, 0.2) is 9.84 Å². The molecule has 0 saturated carbocycles. The highest BCUT2D eigenvalue weighted by Gasteiger charge is 2.53. The number of carbonyl (C=O) groups is 3. The van der Waals surface area contributed by atoms with E-state index < -0.39 is 39.8 Å². The quantitative estimate of drug-likeness (QED) is 0.747. The van der Waals surface area contributed by atoms with E-state index in [-0.39, 0.29) is 24.3 Å². The lowest BCUT2D eigenvalue weighted by atomic mass is 9.92. The van der Waals surface area contributed by atoms with E-state index in [1.54, 1.807) is 12.1 Å². The number of sulfone groups is 1. The Balaban J connectivity index is 1.69. The van der Waals surface area contributed by atoms with Gasteiger partial charge in [-0.05, 0) is 30.9 Å². The molecule has 8 nitrogen and oxygen atoms in total. The fourth-order valence-corrected chi connectivity index (χ4v) is 4.85. The number of carbonyl (C=O) groups excluding carboxylic acids is 3. The minimum Gasteiger partial charge on any atom is -0.324 e. The van der Waals surface area contributed by atoms with Crippen molar-refractivity contribution >= 4 is 33.4 Å². The van der Waals surface area contributed by atoms with Crippen LogP contribution in [-0.4, -0.2) is 54.8 Å². The van der Waals surface area contributed by atoms with Crippen molar-refractivity contribution in [2.45, 2.75) is 31.7 Å². The summed E-state index contributed by atoms with van der Waals surface area (Å²) in [5, 5.41) is 5.32. The summed E-state index contributed by atoms with van der Waals surface area (Å²) in [7, 11) is -3.18. The van der Waals surface area contributed by atoms with E-state index in [0.29, 0.717) is 5.69 Å². The number of anilines is 1. The summed E-state index contributed by atoms with van der Waals surface area (Å²) in [5.74, 6) is -1.31. The summed E-state index contributed by atoms with van der Waals surface area (Å²) in [4.78, 5) is 38.1. The number of imide groups is 1. The molecule has 1 aromatic rings. The van der Waals surface area contributed by atoms with Crippen LogP contribution in [0.2, 0.25) is 0 Å². The van der Waals surface area contributed by atoms with Gasteiger partial charge >= 0.3 is 6.03 Å². The third-order valence-electron chi connectivity index (χ3n) is 4.90. The average molecular weight is 379 g/mol. The van der Waals surface area contributed by atoms with Gasteiger partial charge in [-0.3, -0.25) is 14.5 Å². The number of para-hydroxylation sites is 1. The van der Waals surface area contributed by atoms with Crippen molar-refractivity contribution in [2.24, 2.45) is 0 Å². The van der Waals surface area contributed by atoms with Crippen molar-refractivity contribution in [3.8, 4) is 0 Å². The molecular formula is C17H21N3O5S. The molecule has 9 heteroatoms. The van der Waals surface area contributed by atoms with E-state index >= 15 is 0 Å². The van der Waals surface area contributed by atoms with E-state index in [1.165, 1.54) is 0 Å². The maximum atomic E-state index is 12.7. The van der Waals surface area contributed by atoms with Gasteiger partial charge in [0.25, 0.3) is 5.91 Å². The number of urea groups is 1. The molecule has 2 heterocycles. The van der Waals surface area contributed by atoms with Crippen LogP contribution in [0.3, 0.4) is 0 Å². The van der Waals surface area contributed by atoms with Crippen LogP contribution in [-0.2, 0) is 25.8 Å². The molecule has 1 spiro atoms. The summed E-state index contributed by atoms with van der Waals surface area (Å²) in [6.07, 6.45) is 0.810. The van der Waals surface area contributed by atoms with Crippen LogP contribution in [0, 0.1) is 0 Å². The van der Waals surface area contributed by atoms with Gasteiger partial charge in [0.2, 0.25) is 5.91 Å².